The zero-order valence-corrected chi connectivity index (χ0v) is 13.5. The summed E-state index contributed by atoms with van der Waals surface area (Å²) in [6.07, 6.45) is 0.178. The summed E-state index contributed by atoms with van der Waals surface area (Å²) in [5.74, 6) is -1.18. The van der Waals surface area contributed by atoms with E-state index in [9.17, 15) is 25.1 Å². The van der Waals surface area contributed by atoms with Gasteiger partial charge in [-0.2, -0.15) is 0 Å². The number of rotatable bonds is 7. The number of carboxylic acids is 1. The van der Waals surface area contributed by atoms with Crippen LogP contribution in [0.2, 0.25) is 0 Å². The van der Waals surface area contributed by atoms with Crippen molar-refractivity contribution in [3.63, 3.8) is 0 Å². The third-order valence-corrected chi connectivity index (χ3v) is 3.63. The summed E-state index contributed by atoms with van der Waals surface area (Å²) in [5.41, 5.74) is 1.15. The Morgan fingerprint density at radius 3 is 2.64 bits per heavy atom. The van der Waals surface area contributed by atoms with Gasteiger partial charge in [-0.05, 0) is 16.7 Å². The topological polar surface area (TPSA) is 110 Å². The van der Waals surface area contributed by atoms with Crippen molar-refractivity contribution >= 4 is 17.2 Å². The van der Waals surface area contributed by atoms with E-state index in [4.69, 9.17) is 4.74 Å². The predicted octanol–water partition coefficient (Wildman–Crippen LogP) is 2.94. The van der Waals surface area contributed by atoms with Crippen LogP contribution in [0.3, 0.4) is 0 Å². The van der Waals surface area contributed by atoms with E-state index in [1.54, 1.807) is 36.4 Å². The Balaban J connectivity index is 2.36. The molecule has 0 bridgehead atoms. The highest BCUT2D eigenvalue weighted by atomic mass is 16.6. The number of aliphatic hydroxyl groups excluding tert-OH is 1. The van der Waals surface area contributed by atoms with Gasteiger partial charge in [-0.1, -0.05) is 36.4 Å². The Morgan fingerprint density at radius 2 is 2.00 bits per heavy atom. The molecule has 0 saturated carbocycles. The SMILES string of the molecule is CO/C=C(/C(=O)O)c1ccccc1C(O)Cc1cccc([N+](=O)[O-])c1. The summed E-state index contributed by atoms with van der Waals surface area (Å²) < 4.78 is 4.82. The smallest absolute Gasteiger partial charge is 0.339 e. The van der Waals surface area contributed by atoms with E-state index >= 15 is 0 Å². The quantitative estimate of drug-likeness (QED) is 0.346. The number of benzene rings is 2. The number of non-ortho nitro benzene ring substituents is 1. The molecule has 0 aliphatic heterocycles. The molecule has 25 heavy (non-hydrogen) atoms. The molecule has 2 aromatic carbocycles. The van der Waals surface area contributed by atoms with Gasteiger partial charge in [0, 0.05) is 18.6 Å². The van der Waals surface area contributed by atoms with Crippen LogP contribution in [0.1, 0.15) is 22.8 Å². The number of nitrogens with zero attached hydrogens (tertiary/aromatic N) is 1. The molecular formula is C18H17NO6. The molecule has 7 heteroatoms. The van der Waals surface area contributed by atoms with Gasteiger partial charge < -0.3 is 14.9 Å². The van der Waals surface area contributed by atoms with E-state index in [2.05, 4.69) is 0 Å². The number of aliphatic hydroxyl groups is 1. The Hall–Kier alpha value is -3.19. The highest BCUT2D eigenvalue weighted by Crippen LogP contribution is 2.28. The normalized spacial score (nSPS) is 12.5. The lowest BCUT2D eigenvalue weighted by Gasteiger charge is -2.16. The predicted molar refractivity (Wildman–Crippen MR) is 90.8 cm³/mol. The van der Waals surface area contributed by atoms with Crippen LogP contribution in [0.5, 0.6) is 0 Å². The number of carbonyl (C=O) groups is 1. The standard InChI is InChI=1S/C18H17NO6/c1-25-11-16(18(21)22)14-7-2-3-8-15(14)17(20)10-12-5-4-6-13(9-12)19(23)24/h2-9,11,17,20H,10H2,1H3,(H,21,22)/b16-11+. The fourth-order valence-electron chi connectivity index (χ4n) is 2.51. The van der Waals surface area contributed by atoms with Gasteiger partial charge in [0.05, 0.1) is 24.4 Å². The van der Waals surface area contributed by atoms with Gasteiger partial charge in [0.1, 0.15) is 5.57 Å². The molecule has 0 aliphatic carbocycles. The minimum atomic E-state index is -1.18. The summed E-state index contributed by atoms with van der Waals surface area (Å²) in [7, 11) is 1.34. The number of nitro groups is 1. The molecule has 130 valence electrons. The third-order valence-electron chi connectivity index (χ3n) is 3.63. The number of aliphatic carboxylic acids is 1. The average Bonchev–Trinajstić information content (AvgIpc) is 2.59. The largest absolute Gasteiger partial charge is 0.503 e. The maximum absolute atomic E-state index is 11.4. The summed E-state index contributed by atoms with van der Waals surface area (Å²) in [6.45, 7) is 0. The number of hydrogen-bond donors (Lipinski definition) is 2. The van der Waals surface area contributed by atoms with Crippen molar-refractivity contribution in [1.29, 1.82) is 0 Å². The number of carboxylic acid groups (broad SMARTS) is 1. The van der Waals surface area contributed by atoms with E-state index < -0.39 is 17.0 Å². The minimum absolute atomic E-state index is 0.0662. The number of methoxy groups -OCH3 is 1. The van der Waals surface area contributed by atoms with Crippen LogP contribution in [-0.2, 0) is 16.0 Å². The van der Waals surface area contributed by atoms with Crippen molar-refractivity contribution < 1.29 is 24.7 Å². The molecule has 0 radical (unpaired) electrons. The van der Waals surface area contributed by atoms with Gasteiger partial charge in [-0.15, -0.1) is 0 Å². The molecule has 1 atom stereocenters. The molecule has 0 aromatic heterocycles. The number of ether oxygens (including phenoxy) is 1. The summed E-state index contributed by atoms with van der Waals surface area (Å²) in [4.78, 5) is 21.8. The molecule has 1 unspecified atom stereocenters. The van der Waals surface area contributed by atoms with Crippen molar-refractivity contribution in [2.75, 3.05) is 7.11 Å². The average molecular weight is 343 g/mol. The van der Waals surface area contributed by atoms with Crippen molar-refractivity contribution in [2.45, 2.75) is 12.5 Å². The molecule has 0 heterocycles. The zero-order chi connectivity index (χ0) is 18.4. The van der Waals surface area contributed by atoms with Crippen LogP contribution < -0.4 is 0 Å². The summed E-state index contributed by atoms with van der Waals surface area (Å²) in [6, 6.07) is 12.5. The van der Waals surface area contributed by atoms with Gasteiger partial charge in [-0.25, -0.2) is 4.79 Å². The first-order chi connectivity index (χ1) is 11.9. The first-order valence-electron chi connectivity index (χ1n) is 7.41. The maximum atomic E-state index is 11.4. The second-order valence-corrected chi connectivity index (χ2v) is 5.31. The molecule has 7 nitrogen and oxygen atoms in total. The van der Waals surface area contributed by atoms with E-state index in [1.807, 2.05) is 0 Å². The van der Waals surface area contributed by atoms with Crippen molar-refractivity contribution in [3.05, 3.63) is 81.6 Å². The Kier molecular flexibility index (Phi) is 5.86. The van der Waals surface area contributed by atoms with Gasteiger partial charge in [0.15, 0.2) is 0 Å². The van der Waals surface area contributed by atoms with Crippen molar-refractivity contribution in [3.8, 4) is 0 Å². The van der Waals surface area contributed by atoms with E-state index in [1.165, 1.54) is 19.2 Å². The van der Waals surface area contributed by atoms with E-state index in [0.29, 0.717) is 16.7 Å². The van der Waals surface area contributed by atoms with Crippen LogP contribution in [0.25, 0.3) is 5.57 Å². The Labute approximate surface area is 144 Å². The number of nitro benzene ring substituents is 1. The minimum Gasteiger partial charge on any atom is -0.503 e. The molecule has 0 amide bonds. The lowest BCUT2D eigenvalue weighted by molar-refractivity contribution is -0.384. The lowest BCUT2D eigenvalue weighted by Crippen LogP contribution is -2.09. The molecular weight excluding hydrogens is 326 g/mol. The Bertz CT molecular complexity index is 815. The van der Waals surface area contributed by atoms with Crippen LogP contribution in [0.15, 0.2) is 54.8 Å². The first kappa shape index (κ1) is 18.2. The van der Waals surface area contributed by atoms with Gasteiger partial charge >= 0.3 is 5.97 Å². The summed E-state index contributed by atoms with van der Waals surface area (Å²) >= 11 is 0. The van der Waals surface area contributed by atoms with Crippen LogP contribution >= 0.6 is 0 Å². The molecule has 0 fully saturated rings. The maximum Gasteiger partial charge on any atom is 0.339 e. The molecule has 0 saturated heterocycles. The van der Waals surface area contributed by atoms with Crippen LogP contribution in [-0.4, -0.2) is 28.2 Å². The highest BCUT2D eigenvalue weighted by Gasteiger charge is 2.20. The van der Waals surface area contributed by atoms with Gasteiger partial charge in [0.25, 0.3) is 5.69 Å². The second kappa shape index (κ2) is 8.07. The third kappa shape index (κ3) is 4.42. The zero-order valence-electron chi connectivity index (χ0n) is 13.5. The Morgan fingerprint density at radius 1 is 1.28 bits per heavy atom. The number of hydrogen-bond acceptors (Lipinski definition) is 5. The molecule has 0 spiro atoms. The van der Waals surface area contributed by atoms with Gasteiger partial charge in [-0.3, -0.25) is 10.1 Å². The molecule has 2 rings (SSSR count). The molecule has 2 N–H and O–H groups in total. The van der Waals surface area contributed by atoms with Crippen molar-refractivity contribution in [1.82, 2.24) is 0 Å². The molecule has 0 aliphatic rings. The van der Waals surface area contributed by atoms with Gasteiger partial charge in [0.2, 0.25) is 0 Å². The second-order valence-electron chi connectivity index (χ2n) is 5.31. The van der Waals surface area contributed by atoms with Crippen molar-refractivity contribution in [2.24, 2.45) is 0 Å². The fourth-order valence-corrected chi connectivity index (χ4v) is 2.51. The van der Waals surface area contributed by atoms with Crippen LogP contribution in [0, 0.1) is 10.1 Å². The first-order valence-corrected chi connectivity index (χ1v) is 7.41. The van der Waals surface area contributed by atoms with E-state index in [-0.39, 0.29) is 17.7 Å². The van der Waals surface area contributed by atoms with Crippen LogP contribution in [0.4, 0.5) is 5.69 Å². The monoisotopic (exact) mass is 343 g/mol. The lowest BCUT2D eigenvalue weighted by atomic mass is 9.93. The summed E-state index contributed by atoms with van der Waals surface area (Å²) in [5, 5.41) is 30.8. The molecule has 2 aromatic rings. The van der Waals surface area contributed by atoms with E-state index in [0.717, 1.165) is 6.26 Å². The highest BCUT2D eigenvalue weighted by molar-refractivity contribution is 6.15. The fraction of sp³-hybridized carbons (Fsp3) is 0.167.